The van der Waals surface area contributed by atoms with Crippen LogP contribution in [0.1, 0.15) is 11.1 Å². The molecule has 1 heterocycles. The monoisotopic (exact) mass is 295 g/mol. The largest absolute Gasteiger partial charge is 0.245 e. The van der Waals surface area contributed by atoms with Crippen molar-refractivity contribution in [1.29, 1.82) is 0 Å². The van der Waals surface area contributed by atoms with E-state index < -0.39 is 0 Å². The van der Waals surface area contributed by atoms with Crippen LogP contribution in [-0.4, -0.2) is 4.98 Å². The van der Waals surface area contributed by atoms with E-state index in [-0.39, 0.29) is 0 Å². The van der Waals surface area contributed by atoms with E-state index in [0.717, 1.165) is 10.0 Å². The Hall–Kier alpha value is -0.860. The molecule has 0 bridgehead atoms. The van der Waals surface area contributed by atoms with Crippen molar-refractivity contribution >= 4 is 27.5 Å². The second-order valence-electron chi connectivity index (χ2n) is 3.71. The van der Waals surface area contributed by atoms with E-state index in [0.29, 0.717) is 5.15 Å². The SMILES string of the molecule is Cc1c(Br)ccc(-c2ccnc(Cl)c2)c1C. The molecule has 0 aliphatic rings. The van der Waals surface area contributed by atoms with Crippen molar-refractivity contribution in [2.45, 2.75) is 13.8 Å². The third-order valence-electron chi connectivity index (χ3n) is 2.76. The molecule has 2 aromatic rings. The number of rotatable bonds is 1. The van der Waals surface area contributed by atoms with Gasteiger partial charge < -0.3 is 0 Å². The van der Waals surface area contributed by atoms with Crippen LogP contribution in [0.3, 0.4) is 0 Å². The molecule has 0 spiro atoms. The molecule has 0 aliphatic heterocycles. The van der Waals surface area contributed by atoms with Gasteiger partial charge >= 0.3 is 0 Å². The average Bonchev–Trinajstić information content (AvgIpc) is 2.26. The Labute approximate surface area is 109 Å². The highest BCUT2D eigenvalue weighted by Crippen LogP contribution is 2.30. The van der Waals surface area contributed by atoms with Gasteiger partial charge in [-0.15, -0.1) is 0 Å². The van der Waals surface area contributed by atoms with Crippen LogP contribution in [0.2, 0.25) is 5.15 Å². The van der Waals surface area contributed by atoms with E-state index in [4.69, 9.17) is 11.6 Å². The molecule has 0 saturated heterocycles. The Morgan fingerprint density at radius 3 is 2.56 bits per heavy atom. The van der Waals surface area contributed by atoms with Crippen molar-refractivity contribution in [2.24, 2.45) is 0 Å². The maximum atomic E-state index is 5.90. The van der Waals surface area contributed by atoms with Crippen LogP contribution in [0.15, 0.2) is 34.9 Å². The van der Waals surface area contributed by atoms with Gasteiger partial charge in [-0.2, -0.15) is 0 Å². The Morgan fingerprint density at radius 2 is 1.88 bits per heavy atom. The molecule has 0 N–H and O–H groups in total. The maximum Gasteiger partial charge on any atom is 0.129 e. The van der Waals surface area contributed by atoms with E-state index in [9.17, 15) is 0 Å². The lowest BCUT2D eigenvalue weighted by Crippen LogP contribution is -1.89. The van der Waals surface area contributed by atoms with Gasteiger partial charge in [0.25, 0.3) is 0 Å². The highest BCUT2D eigenvalue weighted by molar-refractivity contribution is 9.10. The van der Waals surface area contributed by atoms with E-state index in [1.54, 1.807) is 6.20 Å². The summed E-state index contributed by atoms with van der Waals surface area (Å²) < 4.78 is 1.13. The van der Waals surface area contributed by atoms with Crippen molar-refractivity contribution in [1.82, 2.24) is 4.98 Å². The topological polar surface area (TPSA) is 12.9 Å². The predicted octanol–water partition coefficient (Wildman–Crippen LogP) is 4.78. The van der Waals surface area contributed by atoms with Gasteiger partial charge in [0.2, 0.25) is 0 Å². The molecule has 1 aromatic carbocycles. The smallest absolute Gasteiger partial charge is 0.129 e. The standard InChI is InChI=1S/C13H11BrClN/c1-8-9(2)12(14)4-3-11(8)10-5-6-16-13(15)7-10/h3-7H,1-2H3. The van der Waals surface area contributed by atoms with Crippen LogP contribution in [-0.2, 0) is 0 Å². The van der Waals surface area contributed by atoms with Gasteiger partial charge in [-0.1, -0.05) is 33.6 Å². The summed E-state index contributed by atoms with van der Waals surface area (Å²) in [5.41, 5.74) is 4.82. The van der Waals surface area contributed by atoms with E-state index >= 15 is 0 Å². The van der Waals surface area contributed by atoms with Crippen molar-refractivity contribution in [3.63, 3.8) is 0 Å². The van der Waals surface area contributed by atoms with Gasteiger partial charge in [-0.3, -0.25) is 0 Å². The minimum absolute atomic E-state index is 0.525. The minimum atomic E-state index is 0.525. The van der Waals surface area contributed by atoms with Crippen LogP contribution in [0, 0.1) is 13.8 Å². The number of hydrogen-bond donors (Lipinski definition) is 0. The lowest BCUT2D eigenvalue weighted by Gasteiger charge is -2.10. The quantitative estimate of drug-likeness (QED) is 0.690. The Kier molecular flexibility index (Phi) is 3.31. The molecule has 2 rings (SSSR count). The minimum Gasteiger partial charge on any atom is -0.245 e. The summed E-state index contributed by atoms with van der Waals surface area (Å²) in [5, 5.41) is 0.525. The van der Waals surface area contributed by atoms with Gasteiger partial charge in [-0.25, -0.2) is 4.98 Å². The third-order valence-corrected chi connectivity index (χ3v) is 3.82. The average molecular weight is 297 g/mol. The molecule has 1 nitrogen and oxygen atoms in total. The molecule has 0 radical (unpaired) electrons. The fourth-order valence-electron chi connectivity index (χ4n) is 1.67. The van der Waals surface area contributed by atoms with Crippen molar-refractivity contribution < 1.29 is 0 Å². The van der Waals surface area contributed by atoms with Crippen LogP contribution >= 0.6 is 27.5 Å². The number of halogens is 2. The molecular formula is C13H11BrClN. The molecule has 3 heteroatoms. The first kappa shape index (κ1) is 11.6. The van der Waals surface area contributed by atoms with Crippen LogP contribution in [0.25, 0.3) is 11.1 Å². The van der Waals surface area contributed by atoms with Crippen molar-refractivity contribution in [3.05, 3.63) is 51.2 Å². The Bertz CT molecular complexity index is 537. The van der Waals surface area contributed by atoms with Crippen LogP contribution in [0.4, 0.5) is 0 Å². The first-order chi connectivity index (χ1) is 7.59. The van der Waals surface area contributed by atoms with Gasteiger partial charge in [0.15, 0.2) is 0 Å². The molecule has 16 heavy (non-hydrogen) atoms. The predicted molar refractivity (Wildman–Crippen MR) is 71.9 cm³/mol. The number of benzene rings is 1. The van der Waals surface area contributed by atoms with Gasteiger partial charge in [-0.05, 0) is 54.3 Å². The molecule has 0 atom stereocenters. The van der Waals surface area contributed by atoms with E-state index in [1.807, 2.05) is 12.1 Å². The highest BCUT2D eigenvalue weighted by atomic mass is 79.9. The molecule has 1 aromatic heterocycles. The molecule has 82 valence electrons. The second kappa shape index (κ2) is 4.56. The first-order valence-electron chi connectivity index (χ1n) is 4.97. The number of hydrogen-bond acceptors (Lipinski definition) is 1. The van der Waals surface area contributed by atoms with Crippen LogP contribution in [0.5, 0.6) is 0 Å². The summed E-state index contributed by atoms with van der Waals surface area (Å²) in [5.74, 6) is 0. The zero-order valence-electron chi connectivity index (χ0n) is 9.09. The van der Waals surface area contributed by atoms with E-state index in [1.165, 1.54) is 16.7 Å². The Morgan fingerprint density at radius 1 is 1.12 bits per heavy atom. The summed E-state index contributed by atoms with van der Waals surface area (Å²) >= 11 is 9.43. The number of nitrogens with zero attached hydrogens (tertiary/aromatic N) is 1. The zero-order chi connectivity index (χ0) is 11.7. The maximum absolute atomic E-state index is 5.90. The van der Waals surface area contributed by atoms with Crippen molar-refractivity contribution in [3.8, 4) is 11.1 Å². The zero-order valence-corrected chi connectivity index (χ0v) is 11.4. The fourth-order valence-corrected chi connectivity index (χ4v) is 2.27. The van der Waals surface area contributed by atoms with Gasteiger partial charge in [0.05, 0.1) is 0 Å². The lowest BCUT2D eigenvalue weighted by atomic mass is 9.98. The molecule has 0 saturated carbocycles. The first-order valence-corrected chi connectivity index (χ1v) is 6.14. The molecule has 0 fully saturated rings. The normalized spacial score (nSPS) is 10.5. The van der Waals surface area contributed by atoms with Gasteiger partial charge in [0.1, 0.15) is 5.15 Å². The highest BCUT2D eigenvalue weighted by Gasteiger charge is 2.07. The summed E-state index contributed by atoms with van der Waals surface area (Å²) in [7, 11) is 0. The summed E-state index contributed by atoms with van der Waals surface area (Å²) in [6.45, 7) is 4.22. The van der Waals surface area contributed by atoms with Crippen LogP contribution < -0.4 is 0 Å². The molecule has 0 unspecified atom stereocenters. The number of aromatic nitrogens is 1. The molecular weight excluding hydrogens is 286 g/mol. The summed E-state index contributed by atoms with van der Waals surface area (Å²) in [6, 6.07) is 8.02. The second-order valence-corrected chi connectivity index (χ2v) is 4.95. The van der Waals surface area contributed by atoms with Crippen molar-refractivity contribution in [2.75, 3.05) is 0 Å². The summed E-state index contributed by atoms with van der Waals surface area (Å²) in [6.07, 6.45) is 1.73. The number of pyridine rings is 1. The van der Waals surface area contributed by atoms with E-state index in [2.05, 4.69) is 46.9 Å². The van der Waals surface area contributed by atoms with Gasteiger partial charge in [0, 0.05) is 10.7 Å². The third kappa shape index (κ3) is 2.13. The fraction of sp³-hybridized carbons (Fsp3) is 0.154. The summed E-state index contributed by atoms with van der Waals surface area (Å²) in [4.78, 5) is 3.99. The Balaban J connectivity index is 2.61. The lowest BCUT2D eigenvalue weighted by molar-refractivity contribution is 1.29. The molecule has 0 amide bonds. The molecule has 0 aliphatic carbocycles.